The molecule has 0 amide bonds. The van der Waals surface area contributed by atoms with Gasteiger partial charge in [0, 0.05) is 22.4 Å². The molecular formula is C12H14ClN3OS. The molecule has 18 heavy (non-hydrogen) atoms. The summed E-state index contributed by atoms with van der Waals surface area (Å²) in [7, 11) is 0. The molecule has 4 nitrogen and oxygen atoms in total. The molecule has 0 saturated heterocycles. The van der Waals surface area contributed by atoms with E-state index in [1.165, 1.54) is 0 Å². The van der Waals surface area contributed by atoms with Crippen molar-refractivity contribution in [1.82, 2.24) is 10.2 Å². The first kappa shape index (κ1) is 13.4. The molecule has 2 aromatic rings. The van der Waals surface area contributed by atoms with Crippen molar-refractivity contribution in [3.63, 3.8) is 0 Å². The van der Waals surface area contributed by atoms with E-state index in [1.807, 2.05) is 19.1 Å². The predicted molar refractivity (Wildman–Crippen MR) is 74.6 cm³/mol. The van der Waals surface area contributed by atoms with Crippen molar-refractivity contribution in [2.75, 3.05) is 5.75 Å². The first-order valence-corrected chi connectivity index (χ1v) is 7.10. The van der Waals surface area contributed by atoms with Crippen molar-refractivity contribution in [2.45, 2.75) is 18.7 Å². The monoisotopic (exact) mass is 283 g/mol. The highest BCUT2D eigenvalue weighted by atomic mass is 35.5. The molecule has 1 aromatic heterocycles. The fourth-order valence-corrected chi connectivity index (χ4v) is 2.26. The Balaban J connectivity index is 1.99. The van der Waals surface area contributed by atoms with Crippen LogP contribution in [0.5, 0.6) is 0 Å². The maximum Gasteiger partial charge on any atom is 0.247 e. The summed E-state index contributed by atoms with van der Waals surface area (Å²) in [6.45, 7) is 1.97. The van der Waals surface area contributed by atoms with Crippen LogP contribution in [0.15, 0.2) is 28.7 Å². The minimum absolute atomic E-state index is 0.175. The second kappa shape index (κ2) is 6.22. The summed E-state index contributed by atoms with van der Waals surface area (Å²) in [5.41, 5.74) is 6.54. The fraction of sp³-hybridized carbons (Fsp3) is 0.333. The molecule has 0 fully saturated rings. The van der Waals surface area contributed by atoms with Crippen LogP contribution in [0.2, 0.25) is 5.02 Å². The Kier molecular flexibility index (Phi) is 4.63. The summed E-state index contributed by atoms with van der Waals surface area (Å²) in [6.07, 6.45) is 0. The van der Waals surface area contributed by atoms with Gasteiger partial charge >= 0.3 is 0 Å². The zero-order valence-corrected chi connectivity index (χ0v) is 11.5. The summed E-state index contributed by atoms with van der Waals surface area (Å²) in [4.78, 5) is 0. The third kappa shape index (κ3) is 3.73. The third-order valence-electron chi connectivity index (χ3n) is 2.16. The summed E-state index contributed by atoms with van der Waals surface area (Å²) >= 11 is 7.50. The number of thioether (sulfide) groups is 1. The first-order valence-electron chi connectivity index (χ1n) is 5.57. The molecule has 1 aromatic carbocycles. The van der Waals surface area contributed by atoms with Crippen LogP contribution in [0.3, 0.4) is 0 Å². The van der Waals surface area contributed by atoms with Crippen molar-refractivity contribution in [2.24, 2.45) is 5.73 Å². The van der Waals surface area contributed by atoms with E-state index in [0.29, 0.717) is 22.6 Å². The van der Waals surface area contributed by atoms with E-state index in [-0.39, 0.29) is 6.04 Å². The van der Waals surface area contributed by atoms with Gasteiger partial charge in [-0.05, 0) is 31.2 Å². The van der Waals surface area contributed by atoms with E-state index in [9.17, 15) is 0 Å². The second-order valence-electron chi connectivity index (χ2n) is 4.00. The maximum absolute atomic E-state index is 5.82. The lowest BCUT2D eigenvalue weighted by Gasteiger charge is -2.01. The summed E-state index contributed by atoms with van der Waals surface area (Å²) < 4.78 is 5.56. The fourth-order valence-electron chi connectivity index (χ4n) is 1.35. The molecule has 0 aliphatic heterocycles. The lowest BCUT2D eigenvalue weighted by Crippen LogP contribution is -2.17. The Bertz CT molecular complexity index is 498. The number of rotatable bonds is 5. The molecule has 1 unspecified atom stereocenters. The van der Waals surface area contributed by atoms with Crippen LogP contribution in [-0.4, -0.2) is 22.0 Å². The van der Waals surface area contributed by atoms with E-state index in [1.54, 1.807) is 23.9 Å². The van der Waals surface area contributed by atoms with Crippen molar-refractivity contribution in [1.29, 1.82) is 0 Å². The largest absolute Gasteiger partial charge is 0.420 e. The predicted octanol–water partition coefficient (Wildman–Crippen LogP) is 2.97. The first-order chi connectivity index (χ1) is 8.65. The van der Waals surface area contributed by atoms with Gasteiger partial charge in [-0.1, -0.05) is 11.6 Å². The number of nitrogens with two attached hydrogens (primary N) is 1. The molecule has 0 aliphatic carbocycles. The highest BCUT2D eigenvalue weighted by Crippen LogP contribution is 2.21. The van der Waals surface area contributed by atoms with Gasteiger partial charge in [0.15, 0.2) is 0 Å². The smallest absolute Gasteiger partial charge is 0.247 e. The lowest BCUT2D eigenvalue weighted by atomic mass is 10.2. The standard InChI is InChI=1S/C12H14ClN3OS/c1-8(14)6-18-7-11-15-16-12(17-11)9-2-4-10(13)5-3-9/h2-5,8H,6-7,14H2,1H3. The minimum atomic E-state index is 0.175. The zero-order valence-electron chi connectivity index (χ0n) is 9.97. The Morgan fingerprint density at radius 1 is 1.33 bits per heavy atom. The quantitative estimate of drug-likeness (QED) is 0.914. The van der Waals surface area contributed by atoms with E-state index in [2.05, 4.69) is 10.2 Å². The van der Waals surface area contributed by atoms with E-state index < -0.39 is 0 Å². The van der Waals surface area contributed by atoms with Crippen molar-refractivity contribution in [3.05, 3.63) is 35.2 Å². The zero-order chi connectivity index (χ0) is 13.0. The summed E-state index contributed by atoms with van der Waals surface area (Å²) in [5.74, 6) is 2.69. The van der Waals surface area contributed by atoms with Crippen molar-refractivity contribution in [3.8, 4) is 11.5 Å². The highest BCUT2D eigenvalue weighted by molar-refractivity contribution is 7.98. The van der Waals surface area contributed by atoms with Crippen molar-refractivity contribution >= 4 is 23.4 Å². The SMILES string of the molecule is CC(N)CSCc1nnc(-c2ccc(Cl)cc2)o1. The maximum atomic E-state index is 5.82. The number of nitrogens with zero attached hydrogens (tertiary/aromatic N) is 2. The van der Waals surface area contributed by atoms with Crippen LogP contribution >= 0.6 is 23.4 Å². The summed E-state index contributed by atoms with van der Waals surface area (Å²) in [6, 6.07) is 7.48. The molecule has 2 N–H and O–H groups in total. The molecule has 96 valence electrons. The average Bonchev–Trinajstić information content (AvgIpc) is 2.78. The Labute approximate surface area is 115 Å². The molecule has 2 rings (SSSR count). The second-order valence-corrected chi connectivity index (χ2v) is 5.47. The van der Waals surface area contributed by atoms with Crippen LogP contribution < -0.4 is 5.73 Å². The lowest BCUT2D eigenvalue weighted by molar-refractivity contribution is 0.528. The number of halogens is 1. The van der Waals surface area contributed by atoms with E-state index in [4.69, 9.17) is 21.8 Å². The van der Waals surface area contributed by atoms with Crippen molar-refractivity contribution < 1.29 is 4.42 Å². The molecular weight excluding hydrogens is 270 g/mol. The van der Waals surface area contributed by atoms with Crippen LogP contribution in [-0.2, 0) is 5.75 Å². The minimum Gasteiger partial charge on any atom is -0.420 e. The third-order valence-corrected chi connectivity index (χ3v) is 3.63. The van der Waals surface area contributed by atoms with Gasteiger partial charge in [-0.2, -0.15) is 11.8 Å². The van der Waals surface area contributed by atoms with Gasteiger partial charge in [0.05, 0.1) is 5.75 Å². The molecule has 0 spiro atoms. The van der Waals surface area contributed by atoms with Crippen LogP contribution in [0, 0.1) is 0 Å². The van der Waals surface area contributed by atoms with Gasteiger partial charge in [0.25, 0.3) is 0 Å². The van der Waals surface area contributed by atoms with Gasteiger partial charge < -0.3 is 10.2 Å². The molecule has 1 heterocycles. The van der Waals surface area contributed by atoms with Gasteiger partial charge in [-0.3, -0.25) is 0 Å². The van der Waals surface area contributed by atoms with Crippen LogP contribution in [0.1, 0.15) is 12.8 Å². The van der Waals surface area contributed by atoms with Gasteiger partial charge in [0.2, 0.25) is 11.8 Å². The molecule has 0 aliphatic rings. The topological polar surface area (TPSA) is 64.9 Å². The Morgan fingerprint density at radius 2 is 2.06 bits per heavy atom. The van der Waals surface area contributed by atoms with Gasteiger partial charge in [-0.25, -0.2) is 0 Å². The number of aromatic nitrogens is 2. The molecule has 0 radical (unpaired) electrons. The molecule has 0 saturated carbocycles. The average molecular weight is 284 g/mol. The molecule has 1 atom stereocenters. The van der Waals surface area contributed by atoms with Crippen LogP contribution in [0.25, 0.3) is 11.5 Å². The highest BCUT2D eigenvalue weighted by Gasteiger charge is 2.08. The van der Waals surface area contributed by atoms with Gasteiger partial charge in [0.1, 0.15) is 0 Å². The van der Waals surface area contributed by atoms with E-state index in [0.717, 1.165) is 11.3 Å². The normalized spacial score (nSPS) is 12.6. The molecule has 6 heteroatoms. The van der Waals surface area contributed by atoms with E-state index >= 15 is 0 Å². The Hall–Kier alpha value is -1.04. The number of hydrogen-bond acceptors (Lipinski definition) is 5. The summed E-state index contributed by atoms with van der Waals surface area (Å²) in [5, 5.41) is 8.70. The van der Waals surface area contributed by atoms with Crippen LogP contribution in [0.4, 0.5) is 0 Å². The molecule has 0 bridgehead atoms. The van der Waals surface area contributed by atoms with Gasteiger partial charge in [-0.15, -0.1) is 10.2 Å². The number of hydrogen-bond donors (Lipinski definition) is 1. The number of benzene rings is 1. The Morgan fingerprint density at radius 3 is 2.72 bits per heavy atom.